The molecule has 1 aliphatic heterocycles. The van der Waals surface area contributed by atoms with Crippen LogP contribution in [0.25, 0.3) is 0 Å². The number of hydrogen-bond acceptors (Lipinski definition) is 3. The van der Waals surface area contributed by atoms with E-state index in [2.05, 4.69) is 4.90 Å². The van der Waals surface area contributed by atoms with Crippen LogP contribution in [0.4, 0.5) is 0 Å². The minimum absolute atomic E-state index is 0.122. The first-order valence-electron chi connectivity index (χ1n) is 4.90. The third-order valence-electron chi connectivity index (χ3n) is 2.72. The molecule has 1 atom stereocenters. The lowest BCUT2D eigenvalue weighted by molar-refractivity contribution is -0.114. The molecule has 0 radical (unpaired) electrons. The maximum Gasteiger partial charge on any atom is 0.141 e. The van der Waals surface area contributed by atoms with Gasteiger partial charge in [-0.05, 0) is 24.1 Å². The van der Waals surface area contributed by atoms with Gasteiger partial charge in [0.2, 0.25) is 0 Å². The first-order valence-corrected chi connectivity index (χ1v) is 5.28. The molecule has 15 heavy (non-hydrogen) atoms. The summed E-state index contributed by atoms with van der Waals surface area (Å²) in [5, 5.41) is 9.66. The van der Waals surface area contributed by atoms with Gasteiger partial charge < -0.3 is 9.90 Å². The summed E-state index contributed by atoms with van der Waals surface area (Å²) in [6.07, 6.45) is 2.03. The van der Waals surface area contributed by atoms with Crippen LogP contribution in [-0.2, 0) is 4.79 Å². The number of phenolic OH excluding ortho intramolecular Hbond substituents is 1. The molecule has 0 spiro atoms. The Labute approximate surface area is 93.3 Å². The first kappa shape index (κ1) is 10.5. The van der Waals surface area contributed by atoms with Gasteiger partial charge >= 0.3 is 0 Å². The fourth-order valence-corrected chi connectivity index (χ4v) is 2.02. The quantitative estimate of drug-likeness (QED) is 0.800. The Morgan fingerprint density at radius 3 is 2.67 bits per heavy atom. The van der Waals surface area contributed by atoms with E-state index >= 15 is 0 Å². The summed E-state index contributed by atoms with van der Waals surface area (Å²) < 4.78 is 0. The van der Waals surface area contributed by atoms with Crippen LogP contribution >= 0.6 is 11.6 Å². The summed E-state index contributed by atoms with van der Waals surface area (Å²) in [5.41, 5.74) is 0.768. The number of benzene rings is 1. The summed E-state index contributed by atoms with van der Waals surface area (Å²) in [6.45, 7) is 1.86. The molecule has 1 saturated heterocycles. The van der Waals surface area contributed by atoms with Gasteiger partial charge in [-0.25, -0.2) is 0 Å². The van der Waals surface area contributed by atoms with Crippen molar-refractivity contribution in [1.82, 2.24) is 4.90 Å². The molecule has 4 heteroatoms. The molecule has 2 rings (SSSR count). The summed E-state index contributed by atoms with van der Waals surface area (Å²) in [7, 11) is 0. The number of hydrogen-bond donors (Lipinski definition) is 1. The molecule has 0 aromatic heterocycles. The van der Waals surface area contributed by atoms with Crippen LogP contribution in [0.2, 0.25) is 5.02 Å². The number of nitrogens with zero attached hydrogens (tertiary/aromatic N) is 1. The van der Waals surface area contributed by atoms with Crippen LogP contribution in [0.5, 0.6) is 5.75 Å². The second-order valence-electron chi connectivity index (χ2n) is 3.68. The molecule has 1 fully saturated rings. The van der Waals surface area contributed by atoms with Crippen molar-refractivity contribution in [2.75, 3.05) is 13.1 Å². The van der Waals surface area contributed by atoms with Gasteiger partial charge in [0.05, 0.1) is 6.04 Å². The second-order valence-corrected chi connectivity index (χ2v) is 4.08. The lowest BCUT2D eigenvalue weighted by Gasteiger charge is -2.35. The van der Waals surface area contributed by atoms with Gasteiger partial charge in [-0.3, -0.25) is 4.90 Å². The maximum absolute atomic E-state index is 11.0. The number of rotatable bonds is 3. The Hall–Kier alpha value is -1.06. The minimum atomic E-state index is -0.271. The smallest absolute Gasteiger partial charge is 0.141 e. The van der Waals surface area contributed by atoms with Gasteiger partial charge in [0.25, 0.3) is 0 Å². The van der Waals surface area contributed by atoms with E-state index in [9.17, 15) is 9.90 Å². The Morgan fingerprint density at radius 2 is 2.20 bits per heavy atom. The summed E-state index contributed by atoms with van der Waals surface area (Å²) in [4.78, 5) is 13.1. The van der Waals surface area contributed by atoms with E-state index in [1.165, 1.54) is 6.07 Å². The molecule has 3 nitrogen and oxygen atoms in total. The molecule has 0 bridgehead atoms. The number of halogens is 1. The van der Waals surface area contributed by atoms with E-state index in [0.717, 1.165) is 31.4 Å². The van der Waals surface area contributed by atoms with E-state index in [4.69, 9.17) is 11.6 Å². The standard InChI is InChI=1S/C11H12ClNO2/c12-10-6-8(15)2-3-9(10)11(7-14)13-4-1-5-13/h2-3,6-7,11,15H,1,4-5H2. The van der Waals surface area contributed by atoms with Gasteiger partial charge in [0, 0.05) is 18.1 Å². The van der Waals surface area contributed by atoms with Crippen molar-refractivity contribution < 1.29 is 9.90 Å². The minimum Gasteiger partial charge on any atom is -0.508 e. The van der Waals surface area contributed by atoms with Crippen molar-refractivity contribution in [3.63, 3.8) is 0 Å². The molecule has 80 valence electrons. The van der Waals surface area contributed by atoms with E-state index in [1.807, 2.05) is 0 Å². The summed E-state index contributed by atoms with van der Waals surface area (Å²) in [5.74, 6) is 0.122. The Kier molecular flexibility index (Phi) is 2.93. The van der Waals surface area contributed by atoms with Crippen molar-refractivity contribution in [3.05, 3.63) is 28.8 Å². The van der Waals surface area contributed by atoms with Crippen LogP contribution in [-0.4, -0.2) is 29.4 Å². The molecule has 0 amide bonds. The normalized spacial score (nSPS) is 18.2. The van der Waals surface area contributed by atoms with Gasteiger partial charge in [0.15, 0.2) is 0 Å². The fourth-order valence-electron chi connectivity index (χ4n) is 1.73. The predicted molar refractivity (Wildman–Crippen MR) is 58.1 cm³/mol. The SMILES string of the molecule is O=CC(c1ccc(O)cc1Cl)N1CCC1. The van der Waals surface area contributed by atoms with Gasteiger partial charge in [-0.1, -0.05) is 17.7 Å². The Morgan fingerprint density at radius 1 is 1.47 bits per heavy atom. The molecule has 1 aromatic carbocycles. The van der Waals surface area contributed by atoms with Gasteiger partial charge in [-0.2, -0.15) is 0 Å². The van der Waals surface area contributed by atoms with Crippen LogP contribution in [0.15, 0.2) is 18.2 Å². The van der Waals surface area contributed by atoms with Crippen LogP contribution in [0.1, 0.15) is 18.0 Å². The van der Waals surface area contributed by atoms with E-state index in [-0.39, 0.29) is 11.8 Å². The van der Waals surface area contributed by atoms with Crippen LogP contribution in [0.3, 0.4) is 0 Å². The number of phenols is 1. The highest BCUT2D eigenvalue weighted by molar-refractivity contribution is 6.31. The lowest BCUT2D eigenvalue weighted by Crippen LogP contribution is -2.40. The third-order valence-corrected chi connectivity index (χ3v) is 3.04. The van der Waals surface area contributed by atoms with E-state index < -0.39 is 0 Å². The Bertz CT molecular complexity index is 377. The van der Waals surface area contributed by atoms with Crippen molar-refractivity contribution in [2.24, 2.45) is 0 Å². The summed E-state index contributed by atoms with van der Waals surface area (Å²) >= 11 is 5.98. The largest absolute Gasteiger partial charge is 0.508 e. The second kappa shape index (κ2) is 4.21. The monoisotopic (exact) mass is 225 g/mol. The van der Waals surface area contributed by atoms with Crippen LogP contribution in [0, 0.1) is 0 Å². The van der Waals surface area contributed by atoms with Gasteiger partial charge in [0.1, 0.15) is 12.0 Å². The molecule has 1 N–H and O–H groups in total. The zero-order valence-corrected chi connectivity index (χ0v) is 8.94. The van der Waals surface area contributed by atoms with Gasteiger partial charge in [-0.15, -0.1) is 0 Å². The predicted octanol–water partition coefficient (Wildman–Crippen LogP) is 1.99. The lowest BCUT2D eigenvalue weighted by atomic mass is 10.0. The molecule has 0 saturated carbocycles. The maximum atomic E-state index is 11.0. The fraction of sp³-hybridized carbons (Fsp3) is 0.364. The highest BCUT2D eigenvalue weighted by Gasteiger charge is 2.26. The molecule has 1 unspecified atom stereocenters. The molecular formula is C11H12ClNO2. The average molecular weight is 226 g/mol. The number of aromatic hydroxyl groups is 1. The van der Waals surface area contributed by atoms with Crippen molar-refractivity contribution in [2.45, 2.75) is 12.5 Å². The molecule has 1 heterocycles. The summed E-state index contributed by atoms with van der Waals surface area (Å²) in [6, 6.07) is 4.45. The first-order chi connectivity index (χ1) is 7.22. The number of carbonyl (C=O) groups excluding carboxylic acids is 1. The highest BCUT2D eigenvalue weighted by atomic mass is 35.5. The van der Waals surface area contributed by atoms with Crippen molar-refractivity contribution in [1.29, 1.82) is 0 Å². The van der Waals surface area contributed by atoms with Crippen molar-refractivity contribution >= 4 is 17.9 Å². The zero-order valence-electron chi connectivity index (χ0n) is 8.19. The zero-order chi connectivity index (χ0) is 10.8. The van der Waals surface area contributed by atoms with E-state index in [0.29, 0.717) is 5.02 Å². The molecule has 0 aliphatic carbocycles. The van der Waals surface area contributed by atoms with Crippen molar-refractivity contribution in [3.8, 4) is 5.75 Å². The Balaban J connectivity index is 2.29. The van der Waals surface area contributed by atoms with Crippen LogP contribution < -0.4 is 0 Å². The third kappa shape index (κ3) is 1.98. The number of aldehydes is 1. The highest BCUT2D eigenvalue weighted by Crippen LogP contribution is 2.31. The number of carbonyl (C=O) groups is 1. The van der Waals surface area contributed by atoms with E-state index in [1.54, 1.807) is 12.1 Å². The topological polar surface area (TPSA) is 40.5 Å². The number of likely N-dealkylation sites (tertiary alicyclic amines) is 1. The molecule has 1 aromatic rings. The molecular weight excluding hydrogens is 214 g/mol. The molecule has 1 aliphatic rings. The average Bonchev–Trinajstić information content (AvgIpc) is 2.12.